The number of thiophene rings is 1. The predicted octanol–water partition coefficient (Wildman–Crippen LogP) is 4.59. The number of rotatable bonds is 7. The van der Waals surface area contributed by atoms with Crippen LogP contribution in [0.2, 0.25) is 0 Å². The summed E-state index contributed by atoms with van der Waals surface area (Å²) in [5.74, 6) is 0.607. The minimum absolute atomic E-state index is 0.137. The fourth-order valence-corrected chi connectivity index (χ4v) is 4.86. The number of ether oxygens (including phenoxy) is 1. The quantitative estimate of drug-likeness (QED) is 0.611. The van der Waals surface area contributed by atoms with E-state index < -0.39 is 0 Å². The van der Waals surface area contributed by atoms with E-state index in [1.807, 2.05) is 36.4 Å². The van der Waals surface area contributed by atoms with E-state index in [4.69, 9.17) is 4.74 Å². The third-order valence-corrected chi connectivity index (χ3v) is 6.22. The second kappa shape index (κ2) is 9.57. The van der Waals surface area contributed by atoms with Gasteiger partial charge in [-0.25, -0.2) is 0 Å². The zero-order valence-electron chi connectivity index (χ0n) is 16.6. The number of fused-ring (bicyclic) bond motifs is 1. The third-order valence-electron chi connectivity index (χ3n) is 5.09. The average molecular weight is 418 g/mol. The van der Waals surface area contributed by atoms with Gasteiger partial charge in [0.05, 0.1) is 18.6 Å². The van der Waals surface area contributed by atoms with Crippen LogP contribution in [-0.4, -0.2) is 24.0 Å². The Morgan fingerprint density at radius 3 is 2.60 bits per heavy atom. The topological polar surface area (TPSA) is 65.4 Å². The first-order valence-corrected chi connectivity index (χ1v) is 10.8. The Morgan fingerprint density at radius 1 is 1.13 bits per heavy atom. The molecule has 1 aliphatic heterocycles. The molecule has 4 rings (SSSR count). The van der Waals surface area contributed by atoms with Gasteiger partial charge in [0.2, 0.25) is 5.91 Å². The van der Waals surface area contributed by atoms with E-state index >= 15 is 0 Å². The van der Waals surface area contributed by atoms with Crippen LogP contribution in [0.15, 0.2) is 60.7 Å². The fraction of sp³-hybridized carbons (Fsp3) is 0.250. The molecule has 0 atom stereocenters. The molecule has 0 spiro atoms. The van der Waals surface area contributed by atoms with Crippen LogP contribution >= 0.6 is 11.3 Å². The summed E-state index contributed by atoms with van der Waals surface area (Å²) in [6.45, 7) is 2.90. The van der Waals surface area contributed by atoms with Crippen molar-refractivity contribution in [1.29, 1.82) is 5.26 Å². The maximum atomic E-state index is 12.4. The summed E-state index contributed by atoms with van der Waals surface area (Å²) in [5, 5.41) is 13.3. The van der Waals surface area contributed by atoms with Crippen molar-refractivity contribution in [1.82, 2.24) is 4.90 Å². The summed E-state index contributed by atoms with van der Waals surface area (Å²) < 4.78 is 5.59. The van der Waals surface area contributed by atoms with Crippen molar-refractivity contribution in [2.24, 2.45) is 0 Å². The van der Waals surface area contributed by atoms with Gasteiger partial charge in [0.15, 0.2) is 0 Å². The normalized spacial score (nSPS) is 13.3. The number of benzene rings is 2. The maximum Gasteiger partial charge on any atom is 0.228 e. The van der Waals surface area contributed by atoms with Gasteiger partial charge < -0.3 is 10.1 Å². The molecule has 2 heterocycles. The lowest BCUT2D eigenvalue weighted by molar-refractivity contribution is -0.116. The lowest BCUT2D eigenvalue weighted by atomic mass is 10.0. The molecule has 3 aromatic rings. The molecule has 0 radical (unpaired) electrons. The van der Waals surface area contributed by atoms with Crippen LogP contribution in [0, 0.1) is 11.3 Å². The summed E-state index contributed by atoms with van der Waals surface area (Å²) in [7, 11) is 0. The van der Waals surface area contributed by atoms with Gasteiger partial charge in [0.1, 0.15) is 16.8 Å². The molecular formula is C24H23N3O2S. The molecule has 5 nitrogen and oxygen atoms in total. The molecule has 0 saturated heterocycles. The van der Waals surface area contributed by atoms with Crippen molar-refractivity contribution in [3.05, 3.63) is 82.2 Å². The molecule has 1 N–H and O–H groups in total. The SMILES string of the molecule is N#Cc1c(NC(=O)CCOc2ccccc2)sc2c1CCN(Cc1ccccc1)C2. The first kappa shape index (κ1) is 20.1. The Kier molecular flexibility index (Phi) is 6.43. The molecule has 1 aromatic heterocycles. The molecular weight excluding hydrogens is 394 g/mol. The minimum Gasteiger partial charge on any atom is -0.493 e. The van der Waals surface area contributed by atoms with Crippen LogP contribution in [0.3, 0.4) is 0 Å². The van der Waals surface area contributed by atoms with Crippen molar-refractivity contribution in [3.63, 3.8) is 0 Å². The van der Waals surface area contributed by atoms with Crippen LogP contribution in [0.25, 0.3) is 0 Å². The van der Waals surface area contributed by atoms with Crippen molar-refractivity contribution >= 4 is 22.2 Å². The molecule has 0 unspecified atom stereocenters. The number of amides is 1. The van der Waals surface area contributed by atoms with Gasteiger partial charge >= 0.3 is 0 Å². The van der Waals surface area contributed by atoms with Crippen molar-refractivity contribution in [3.8, 4) is 11.8 Å². The second-order valence-electron chi connectivity index (χ2n) is 7.23. The molecule has 0 saturated carbocycles. The lowest BCUT2D eigenvalue weighted by Crippen LogP contribution is -2.29. The Balaban J connectivity index is 1.36. The number of carbonyl (C=O) groups is 1. The van der Waals surface area contributed by atoms with Gasteiger partial charge in [-0.1, -0.05) is 48.5 Å². The molecule has 1 amide bonds. The number of nitrogens with zero attached hydrogens (tertiary/aromatic N) is 2. The Labute approximate surface area is 180 Å². The number of hydrogen-bond acceptors (Lipinski definition) is 5. The van der Waals surface area contributed by atoms with Crippen LogP contribution < -0.4 is 10.1 Å². The summed E-state index contributed by atoms with van der Waals surface area (Å²) in [6.07, 6.45) is 1.07. The van der Waals surface area contributed by atoms with E-state index in [2.05, 4.69) is 40.6 Å². The number of nitriles is 1. The van der Waals surface area contributed by atoms with Crippen LogP contribution in [0.5, 0.6) is 5.75 Å². The number of nitrogens with one attached hydrogen (secondary N) is 1. The molecule has 0 aliphatic carbocycles. The smallest absolute Gasteiger partial charge is 0.228 e. The van der Waals surface area contributed by atoms with Gasteiger partial charge in [0, 0.05) is 24.5 Å². The van der Waals surface area contributed by atoms with Crippen molar-refractivity contribution < 1.29 is 9.53 Å². The van der Waals surface area contributed by atoms with Crippen LogP contribution in [-0.2, 0) is 24.3 Å². The monoisotopic (exact) mass is 417 g/mol. The van der Waals surface area contributed by atoms with Gasteiger partial charge in [-0.2, -0.15) is 5.26 Å². The highest BCUT2D eigenvalue weighted by molar-refractivity contribution is 7.16. The summed E-state index contributed by atoms with van der Waals surface area (Å²) in [5.41, 5.74) is 2.99. The summed E-state index contributed by atoms with van der Waals surface area (Å²) >= 11 is 1.52. The maximum absolute atomic E-state index is 12.4. The van der Waals surface area contributed by atoms with Crippen molar-refractivity contribution in [2.45, 2.75) is 25.9 Å². The average Bonchev–Trinajstić information content (AvgIpc) is 3.11. The first-order chi connectivity index (χ1) is 14.7. The largest absolute Gasteiger partial charge is 0.493 e. The predicted molar refractivity (Wildman–Crippen MR) is 118 cm³/mol. The van der Waals surface area contributed by atoms with Crippen molar-refractivity contribution in [2.75, 3.05) is 18.5 Å². The summed E-state index contributed by atoms with van der Waals surface area (Å²) in [4.78, 5) is 15.9. The highest BCUT2D eigenvalue weighted by Crippen LogP contribution is 2.37. The lowest BCUT2D eigenvalue weighted by Gasteiger charge is -2.26. The van der Waals surface area contributed by atoms with E-state index in [0.29, 0.717) is 17.2 Å². The number of para-hydroxylation sites is 1. The molecule has 152 valence electrons. The minimum atomic E-state index is -0.137. The Bertz CT molecular complexity index is 1040. The first-order valence-electron chi connectivity index (χ1n) is 10.0. The third kappa shape index (κ3) is 4.88. The van der Waals surface area contributed by atoms with E-state index in [0.717, 1.165) is 37.4 Å². The van der Waals surface area contributed by atoms with Gasteiger partial charge in [-0.15, -0.1) is 11.3 Å². The van der Waals surface area contributed by atoms with Gasteiger partial charge in [-0.05, 0) is 29.7 Å². The fourth-order valence-electron chi connectivity index (χ4n) is 3.61. The number of anilines is 1. The van der Waals surface area contributed by atoms with E-state index in [1.165, 1.54) is 21.8 Å². The Hall–Kier alpha value is -3.14. The molecule has 6 heteroatoms. The van der Waals surface area contributed by atoms with E-state index in [9.17, 15) is 10.1 Å². The number of carbonyl (C=O) groups excluding carboxylic acids is 1. The van der Waals surface area contributed by atoms with E-state index in [1.54, 1.807) is 0 Å². The molecule has 0 bridgehead atoms. The molecule has 0 fully saturated rings. The number of hydrogen-bond donors (Lipinski definition) is 1. The van der Waals surface area contributed by atoms with Crippen LogP contribution in [0.1, 0.15) is 28.0 Å². The second-order valence-corrected chi connectivity index (χ2v) is 8.33. The van der Waals surface area contributed by atoms with Gasteiger partial charge in [0.25, 0.3) is 0 Å². The zero-order valence-corrected chi connectivity index (χ0v) is 17.5. The van der Waals surface area contributed by atoms with Gasteiger partial charge in [-0.3, -0.25) is 9.69 Å². The standard InChI is InChI=1S/C24H23N3O2S/c25-15-21-20-11-13-27(16-18-7-3-1-4-8-18)17-22(20)30-24(21)26-23(28)12-14-29-19-9-5-2-6-10-19/h1-10H,11-14,16-17H2,(H,26,28). The van der Waals surface area contributed by atoms with E-state index in [-0.39, 0.29) is 12.3 Å². The molecule has 2 aromatic carbocycles. The summed E-state index contributed by atoms with van der Waals surface area (Å²) in [6, 6.07) is 22.1. The molecule has 30 heavy (non-hydrogen) atoms. The Morgan fingerprint density at radius 2 is 1.87 bits per heavy atom. The molecule has 1 aliphatic rings. The zero-order chi connectivity index (χ0) is 20.8. The highest BCUT2D eigenvalue weighted by atomic mass is 32.1. The van der Waals surface area contributed by atoms with Crippen LogP contribution in [0.4, 0.5) is 5.00 Å². The highest BCUT2D eigenvalue weighted by Gasteiger charge is 2.25.